The molecule has 0 unspecified atom stereocenters. The van der Waals surface area contributed by atoms with Gasteiger partial charge in [0, 0.05) is 12.7 Å². The second kappa shape index (κ2) is 6.97. The molecule has 1 N–H and O–H groups in total. The number of rotatable bonds is 5. The fourth-order valence-corrected chi connectivity index (χ4v) is 2.53. The largest absolute Gasteiger partial charge is 0.324 e. The number of hydrogen-bond donors (Lipinski definition) is 1. The van der Waals surface area contributed by atoms with E-state index in [0.717, 1.165) is 16.6 Å². The average molecular weight is 331 g/mol. The molecule has 0 aliphatic heterocycles. The van der Waals surface area contributed by atoms with E-state index in [1.807, 2.05) is 37.4 Å². The number of hydrogen-bond acceptors (Lipinski definition) is 3. The fraction of sp³-hybridized carbons (Fsp3) is 0.0500. The summed E-state index contributed by atoms with van der Waals surface area (Å²) in [5.74, 6) is -0.0790. The SMILES string of the molecule is C=CC(=O)Nc1cccc(/C=C/C(=O)c2nc3ccccc3n2C)c1. The summed E-state index contributed by atoms with van der Waals surface area (Å²) in [7, 11) is 1.82. The highest BCUT2D eigenvalue weighted by Crippen LogP contribution is 2.16. The molecule has 0 saturated carbocycles. The number of benzene rings is 2. The molecule has 0 atom stereocenters. The maximum atomic E-state index is 12.5. The van der Waals surface area contributed by atoms with Crippen molar-refractivity contribution in [3.63, 3.8) is 0 Å². The molecule has 0 bridgehead atoms. The van der Waals surface area contributed by atoms with Gasteiger partial charge in [0.15, 0.2) is 5.82 Å². The Morgan fingerprint density at radius 3 is 2.72 bits per heavy atom. The van der Waals surface area contributed by atoms with Gasteiger partial charge in [-0.25, -0.2) is 4.98 Å². The number of ketones is 1. The van der Waals surface area contributed by atoms with Gasteiger partial charge >= 0.3 is 0 Å². The van der Waals surface area contributed by atoms with Crippen LogP contribution in [0.5, 0.6) is 0 Å². The number of carbonyl (C=O) groups is 2. The summed E-state index contributed by atoms with van der Waals surface area (Å²) in [6.45, 7) is 3.42. The Bertz CT molecular complexity index is 999. The van der Waals surface area contributed by atoms with Crippen LogP contribution in [0.25, 0.3) is 17.1 Å². The van der Waals surface area contributed by atoms with E-state index < -0.39 is 0 Å². The van der Waals surface area contributed by atoms with Gasteiger partial charge in [0.25, 0.3) is 0 Å². The average Bonchev–Trinajstić information content (AvgIpc) is 2.97. The molecule has 0 aliphatic rings. The molecule has 2 aromatic carbocycles. The van der Waals surface area contributed by atoms with E-state index in [0.29, 0.717) is 11.5 Å². The molecule has 25 heavy (non-hydrogen) atoms. The van der Waals surface area contributed by atoms with Crippen LogP contribution < -0.4 is 5.32 Å². The number of nitrogens with one attached hydrogen (secondary N) is 1. The molecule has 0 saturated heterocycles. The molecule has 0 fully saturated rings. The van der Waals surface area contributed by atoms with Crippen LogP contribution in [0, 0.1) is 0 Å². The smallest absolute Gasteiger partial charge is 0.247 e. The van der Waals surface area contributed by atoms with Gasteiger partial charge in [0.2, 0.25) is 11.7 Å². The third-order valence-electron chi connectivity index (χ3n) is 3.77. The van der Waals surface area contributed by atoms with Crippen LogP contribution in [0.1, 0.15) is 16.2 Å². The van der Waals surface area contributed by atoms with Crippen LogP contribution in [0.2, 0.25) is 0 Å². The molecule has 0 radical (unpaired) electrons. The van der Waals surface area contributed by atoms with Crippen LogP contribution in [0.15, 0.2) is 67.3 Å². The van der Waals surface area contributed by atoms with Crippen molar-refractivity contribution in [2.45, 2.75) is 0 Å². The summed E-state index contributed by atoms with van der Waals surface area (Å²) >= 11 is 0. The van der Waals surface area contributed by atoms with Crippen LogP contribution >= 0.6 is 0 Å². The number of carbonyl (C=O) groups excluding carboxylic acids is 2. The third-order valence-corrected chi connectivity index (χ3v) is 3.77. The first-order valence-corrected chi connectivity index (χ1v) is 7.76. The number of fused-ring (bicyclic) bond motifs is 1. The van der Waals surface area contributed by atoms with Crippen LogP contribution in [0.3, 0.4) is 0 Å². The molecule has 124 valence electrons. The topological polar surface area (TPSA) is 64.0 Å². The quantitative estimate of drug-likeness (QED) is 0.574. The van der Waals surface area contributed by atoms with E-state index in [9.17, 15) is 9.59 Å². The molecule has 5 nitrogen and oxygen atoms in total. The number of para-hydroxylation sites is 2. The molecule has 3 aromatic rings. The molecule has 1 amide bonds. The van der Waals surface area contributed by atoms with Gasteiger partial charge in [-0.3, -0.25) is 9.59 Å². The normalized spacial score (nSPS) is 10.9. The summed E-state index contributed by atoms with van der Waals surface area (Å²) in [5.41, 5.74) is 3.14. The van der Waals surface area contributed by atoms with Crippen LogP contribution in [0.4, 0.5) is 5.69 Å². The highest BCUT2D eigenvalue weighted by Gasteiger charge is 2.12. The van der Waals surface area contributed by atoms with Crippen LogP contribution in [-0.2, 0) is 11.8 Å². The van der Waals surface area contributed by atoms with E-state index in [-0.39, 0.29) is 11.7 Å². The van der Waals surface area contributed by atoms with Crippen molar-refractivity contribution < 1.29 is 9.59 Å². The second-order valence-electron chi connectivity index (χ2n) is 5.50. The molecule has 0 spiro atoms. The number of nitrogens with zero attached hydrogens (tertiary/aromatic N) is 2. The Morgan fingerprint density at radius 2 is 1.96 bits per heavy atom. The van der Waals surface area contributed by atoms with Crippen molar-refractivity contribution in [1.82, 2.24) is 9.55 Å². The number of allylic oxidation sites excluding steroid dienone is 1. The van der Waals surface area contributed by atoms with Gasteiger partial charge in [-0.2, -0.15) is 0 Å². The van der Waals surface area contributed by atoms with Gasteiger partial charge in [0.05, 0.1) is 11.0 Å². The summed E-state index contributed by atoms with van der Waals surface area (Å²) in [6.07, 6.45) is 4.39. The monoisotopic (exact) mass is 331 g/mol. The van der Waals surface area contributed by atoms with E-state index in [1.165, 1.54) is 12.2 Å². The lowest BCUT2D eigenvalue weighted by Crippen LogP contribution is -2.07. The van der Waals surface area contributed by atoms with Crippen molar-refractivity contribution in [2.75, 3.05) is 5.32 Å². The summed E-state index contributed by atoms with van der Waals surface area (Å²) in [6, 6.07) is 14.8. The van der Waals surface area contributed by atoms with Gasteiger partial charge in [0.1, 0.15) is 0 Å². The van der Waals surface area contributed by atoms with Gasteiger partial charge in [-0.05, 0) is 42.0 Å². The number of anilines is 1. The van der Waals surface area contributed by atoms with Crippen molar-refractivity contribution >= 4 is 34.5 Å². The first-order chi connectivity index (χ1) is 12.1. The van der Waals surface area contributed by atoms with Crippen LogP contribution in [-0.4, -0.2) is 21.2 Å². The Hall–Kier alpha value is -3.47. The predicted molar refractivity (Wildman–Crippen MR) is 99.3 cm³/mol. The molecule has 0 aliphatic carbocycles. The van der Waals surface area contributed by atoms with E-state index >= 15 is 0 Å². The Morgan fingerprint density at radius 1 is 1.16 bits per heavy atom. The Kier molecular flexibility index (Phi) is 4.57. The van der Waals surface area contributed by atoms with E-state index in [1.54, 1.807) is 28.8 Å². The van der Waals surface area contributed by atoms with Gasteiger partial charge in [-0.1, -0.05) is 36.9 Å². The zero-order chi connectivity index (χ0) is 17.8. The van der Waals surface area contributed by atoms with E-state index in [4.69, 9.17) is 0 Å². The van der Waals surface area contributed by atoms with Crippen molar-refractivity contribution in [3.8, 4) is 0 Å². The van der Waals surface area contributed by atoms with Crippen molar-refractivity contribution in [1.29, 1.82) is 0 Å². The number of aryl methyl sites for hydroxylation is 1. The summed E-state index contributed by atoms with van der Waals surface area (Å²) in [5, 5.41) is 2.69. The highest BCUT2D eigenvalue weighted by molar-refractivity contribution is 6.06. The third kappa shape index (κ3) is 3.55. The number of amides is 1. The first kappa shape index (κ1) is 16.4. The minimum Gasteiger partial charge on any atom is -0.324 e. The molecular weight excluding hydrogens is 314 g/mol. The zero-order valence-electron chi connectivity index (χ0n) is 13.8. The lowest BCUT2D eigenvalue weighted by atomic mass is 10.1. The van der Waals surface area contributed by atoms with Gasteiger partial charge < -0.3 is 9.88 Å². The first-order valence-electron chi connectivity index (χ1n) is 7.76. The molecule has 5 heteroatoms. The molecule has 1 aromatic heterocycles. The minimum atomic E-state index is -0.281. The summed E-state index contributed by atoms with van der Waals surface area (Å²) in [4.78, 5) is 28.2. The number of imidazole rings is 1. The van der Waals surface area contributed by atoms with Crippen molar-refractivity contribution in [3.05, 3.63) is 78.6 Å². The number of aromatic nitrogens is 2. The van der Waals surface area contributed by atoms with E-state index in [2.05, 4.69) is 16.9 Å². The molecule has 3 rings (SSSR count). The highest BCUT2D eigenvalue weighted by atomic mass is 16.1. The Labute approximate surface area is 145 Å². The zero-order valence-corrected chi connectivity index (χ0v) is 13.8. The molecule has 1 heterocycles. The lowest BCUT2D eigenvalue weighted by molar-refractivity contribution is -0.111. The fourth-order valence-electron chi connectivity index (χ4n) is 2.53. The standard InChI is InChI=1S/C20H17N3O2/c1-3-19(25)21-15-8-6-7-14(13-15)11-12-18(24)20-22-16-9-4-5-10-17(16)23(20)2/h3-13H,1H2,2H3,(H,21,25)/b12-11+. The molecular formula is C20H17N3O2. The lowest BCUT2D eigenvalue weighted by Gasteiger charge is -2.03. The second-order valence-corrected chi connectivity index (χ2v) is 5.50. The van der Waals surface area contributed by atoms with Crippen molar-refractivity contribution in [2.24, 2.45) is 7.05 Å². The summed E-state index contributed by atoms with van der Waals surface area (Å²) < 4.78 is 1.78. The predicted octanol–water partition coefficient (Wildman–Crippen LogP) is 3.59. The Balaban J connectivity index is 1.82. The van der Waals surface area contributed by atoms with Gasteiger partial charge in [-0.15, -0.1) is 0 Å². The maximum Gasteiger partial charge on any atom is 0.247 e. The minimum absolute atomic E-state index is 0.181. The maximum absolute atomic E-state index is 12.5.